The number of hydrogen-bond donors (Lipinski definition) is 1. The van der Waals surface area contributed by atoms with Gasteiger partial charge in [0.1, 0.15) is 6.10 Å². The molecule has 0 radical (unpaired) electrons. The second kappa shape index (κ2) is 11.5. The van der Waals surface area contributed by atoms with Crippen LogP contribution in [0.5, 0.6) is 0 Å². The predicted octanol–water partition coefficient (Wildman–Crippen LogP) is 3.50. The minimum Gasteiger partial charge on any atom is -0.375 e. The summed E-state index contributed by atoms with van der Waals surface area (Å²) in [6, 6.07) is 9.00. The maximum Gasteiger partial charge on any atom is 0.194 e. The standard InChI is InChI=1S/C23H36N4O2.HI/c1-18-9-11-26(12-10-18)20-7-5-19(6-8-20)16-25-23(24-2)27-13-15-29-22(17-27)21-4-3-14-28-21;/h5-8,18,21-22H,3-4,9-17H2,1-2H3,(H,24,25);1H. The summed E-state index contributed by atoms with van der Waals surface area (Å²) >= 11 is 0. The quantitative estimate of drug-likeness (QED) is 0.369. The normalized spacial score (nSPS) is 25.9. The van der Waals surface area contributed by atoms with Gasteiger partial charge in [0.25, 0.3) is 0 Å². The number of guanidine groups is 1. The molecule has 3 saturated heterocycles. The van der Waals surface area contributed by atoms with Gasteiger partial charge in [0.05, 0.1) is 12.7 Å². The van der Waals surface area contributed by atoms with E-state index >= 15 is 0 Å². The summed E-state index contributed by atoms with van der Waals surface area (Å²) in [4.78, 5) is 9.33. The van der Waals surface area contributed by atoms with Gasteiger partial charge in [-0.2, -0.15) is 0 Å². The Kier molecular flexibility index (Phi) is 9.07. The van der Waals surface area contributed by atoms with Gasteiger partial charge in [-0.1, -0.05) is 19.1 Å². The van der Waals surface area contributed by atoms with Gasteiger partial charge in [-0.25, -0.2) is 0 Å². The molecule has 168 valence electrons. The SMILES string of the molecule is CN=C(NCc1ccc(N2CCC(C)CC2)cc1)N1CCOC(C2CCCO2)C1.I. The van der Waals surface area contributed by atoms with Crippen LogP contribution in [0.2, 0.25) is 0 Å². The van der Waals surface area contributed by atoms with Crippen molar-refractivity contribution in [2.45, 2.75) is 51.4 Å². The molecule has 3 aliphatic rings. The van der Waals surface area contributed by atoms with Crippen LogP contribution in [0, 0.1) is 5.92 Å². The molecule has 7 heteroatoms. The summed E-state index contributed by atoms with van der Waals surface area (Å²) in [7, 11) is 1.86. The molecule has 3 heterocycles. The zero-order valence-electron chi connectivity index (χ0n) is 18.4. The number of hydrogen-bond acceptors (Lipinski definition) is 4. The molecule has 0 bridgehead atoms. The van der Waals surface area contributed by atoms with E-state index in [4.69, 9.17) is 9.47 Å². The number of ether oxygens (including phenoxy) is 2. The first-order valence-electron chi connectivity index (χ1n) is 11.3. The Bertz CT molecular complexity index is 670. The van der Waals surface area contributed by atoms with Gasteiger partial charge in [-0.05, 0) is 49.3 Å². The van der Waals surface area contributed by atoms with Crippen molar-refractivity contribution in [2.75, 3.05) is 51.3 Å². The molecule has 1 aromatic rings. The molecule has 0 amide bonds. The highest BCUT2D eigenvalue weighted by molar-refractivity contribution is 14.0. The zero-order valence-corrected chi connectivity index (χ0v) is 20.7. The predicted molar refractivity (Wildman–Crippen MR) is 133 cm³/mol. The third kappa shape index (κ3) is 6.01. The molecular formula is C23H37IN4O2. The molecule has 0 saturated carbocycles. The van der Waals surface area contributed by atoms with Crippen molar-refractivity contribution in [2.24, 2.45) is 10.9 Å². The number of aliphatic imine (C=N–C) groups is 1. The summed E-state index contributed by atoms with van der Waals surface area (Å²) in [5.41, 5.74) is 2.63. The molecule has 4 rings (SSSR count). The molecule has 3 aliphatic heterocycles. The third-order valence-electron chi connectivity index (χ3n) is 6.52. The van der Waals surface area contributed by atoms with E-state index < -0.39 is 0 Å². The smallest absolute Gasteiger partial charge is 0.194 e. The maximum atomic E-state index is 5.97. The van der Waals surface area contributed by atoms with Gasteiger partial charge in [0.2, 0.25) is 0 Å². The Morgan fingerprint density at radius 1 is 1.03 bits per heavy atom. The number of morpholine rings is 1. The molecule has 0 aliphatic carbocycles. The molecule has 1 N–H and O–H groups in total. The second-order valence-electron chi connectivity index (χ2n) is 8.64. The summed E-state index contributed by atoms with van der Waals surface area (Å²) in [6.45, 7) is 8.80. The Balaban J connectivity index is 0.00000256. The van der Waals surface area contributed by atoms with Crippen molar-refractivity contribution in [3.63, 3.8) is 0 Å². The highest BCUT2D eigenvalue weighted by atomic mass is 127. The summed E-state index contributed by atoms with van der Waals surface area (Å²) in [5.74, 6) is 1.81. The highest BCUT2D eigenvalue weighted by Gasteiger charge is 2.32. The van der Waals surface area contributed by atoms with Crippen LogP contribution in [-0.2, 0) is 16.0 Å². The van der Waals surface area contributed by atoms with Gasteiger partial charge < -0.3 is 24.6 Å². The number of halogens is 1. The number of rotatable bonds is 4. The highest BCUT2D eigenvalue weighted by Crippen LogP contribution is 2.23. The van der Waals surface area contributed by atoms with E-state index in [0.717, 1.165) is 57.6 Å². The molecule has 2 unspecified atom stereocenters. The van der Waals surface area contributed by atoms with Crippen molar-refractivity contribution in [1.82, 2.24) is 10.2 Å². The molecule has 3 fully saturated rings. The fourth-order valence-electron chi connectivity index (χ4n) is 4.59. The van der Waals surface area contributed by atoms with Gasteiger partial charge in [0.15, 0.2) is 5.96 Å². The molecule has 0 spiro atoms. The van der Waals surface area contributed by atoms with Crippen LogP contribution < -0.4 is 10.2 Å². The Labute approximate surface area is 198 Å². The minimum absolute atomic E-state index is 0. The average Bonchev–Trinajstić information content (AvgIpc) is 3.31. The van der Waals surface area contributed by atoms with Gasteiger partial charge in [-0.3, -0.25) is 4.99 Å². The van der Waals surface area contributed by atoms with Crippen molar-refractivity contribution in [1.29, 1.82) is 0 Å². The van der Waals surface area contributed by atoms with Crippen LogP contribution in [0.15, 0.2) is 29.3 Å². The third-order valence-corrected chi connectivity index (χ3v) is 6.52. The fourth-order valence-corrected chi connectivity index (χ4v) is 4.59. The molecular weight excluding hydrogens is 491 g/mol. The van der Waals surface area contributed by atoms with E-state index in [0.29, 0.717) is 0 Å². The molecule has 6 nitrogen and oxygen atoms in total. The van der Waals surface area contributed by atoms with E-state index in [2.05, 4.69) is 51.3 Å². The minimum atomic E-state index is 0. The monoisotopic (exact) mass is 528 g/mol. The van der Waals surface area contributed by atoms with Crippen LogP contribution in [0.3, 0.4) is 0 Å². The molecule has 2 atom stereocenters. The number of nitrogens with zero attached hydrogens (tertiary/aromatic N) is 3. The van der Waals surface area contributed by atoms with Crippen LogP contribution in [0.25, 0.3) is 0 Å². The Hall–Kier alpha value is -1.06. The first-order valence-corrected chi connectivity index (χ1v) is 11.3. The van der Waals surface area contributed by atoms with Gasteiger partial charge in [-0.15, -0.1) is 24.0 Å². The topological polar surface area (TPSA) is 49.3 Å². The average molecular weight is 528 g/mol. The lowest BCUT2D eigenvalue weighted by Crippen LogP contribution is -2.53. The Morgan fingerprint density at radius 2 is 1.77 bits per heavy atom. The van der Waals surface area contributed by atoms with E-state index in [1.807, 2.05) is 7.05 Å². The van der Waals surface area contributed by atoms with Crippen molar-refractivity contribution < 1.29 is 9.47 Å². The van der Waals surface area contributed by atoms with Crippen LogP contribution in [0.1, 0.15) is 38.2 Å². The van der Waals surface area contributed by atoms with E-state index in [1.165, 1.54) is 37.2 Å². The fraction of sp³-hybridized carbons (Fsp3) is 0.696. The van der Waals surface area contributed by atoms with E-state index in [-0.39, 0.29) is 36.2 Å². The number of anilines is 1. The number of nitrogens with one attached hydrogen (secondary N) is 1. The zero-order chi connectivity index (χ0) is 20.1. The van der Waals surface area contributed by atoms with Crippen LogP contribution in [0.4, 0.5) is 5.69 Å². The van der Waals surface area contributed by atoms with Gasteiger partial charge in [0, 0.05) is 52.1 Å². The van der Waals surface area contributed by atoms with Gasteiger partial charge >= 0.3 is 0 Å². The van der Waals surface area contributed by atoms with E-state index in [9.17, 15) is 0 Å². The lowest BCUT2D eigenvalue weighted by Gasteiger charge is -2.37. The molecule has 0 aromatic heterocycles. The van der Waals surface area contributed by atoms with Crippen molar-refractivity contribution in [3.05, 3.63) is 29.8 Å². The second-order valence-corrected chi connectivity index (χ2v) is 8.64. The van der Waals surface area contributed by atoms with E-state index in [1.54, 1.807) is 0 Å². The summed E-state index contributed by atoms with van der Waals surface area (Å²) in [6.07, 6.45) is 5.23. The molecule has 1 aromatic carbocycles. The maximum absolute atomic E-state index is 5.97. The first-order chi connectivity index (χ1) is 14.2. The van der Waals surface area contributed by atoms with Crippen molar-refractivity contribution >= 4 is 35.6 Å². The van der Waals surface area contributed by atoms with Crippen LogP contribution in [-0.4, -0.2) is 69.5 Å². The Morgan fingerprint density at radius 3 is 2.43 bits per heavy atom. The number of piperidine rings is 1. The lowest BCUT2D eigenvalue weighted by atomic mass is 9.99. The van der Waals surface area contributed by atoms with Crippen molar-refractivity contribution in [3.8, 4) is 0 Å². The summed E-state index contributed by atoms with van der Waals surface area (Å²) < 4.78 is 11.8. The van der Waals surface area contributed by atoms with Crippen LogP contribution >= 0.6 is 24.0 Å². The summed E-state index contributed by atoms with van der Waals surface area (Å²) in [5, 5.41) is 3.54. The first kappa shape index (κ1) is 23.6. The molecule has 30 heavy (non-hydrogen) atoms. The number of benzene rings is 1. The largest absolute Gasteiger partial charge is 0.375 e. The lowest BCUT2D eigenvalue weighted by molar-refractivity contribution is -0.0817.